The van der Waals surface area contributed by atoms with Gasteiger partial charge in [-0.1, -0.05) is 12.1 Å². The fourth-order valence-corrected chi connectivity index (χ4v) is 3.51. The summed E-state index contributed by atoms with van der Waals surface area (Å²) in [5.74, 6) is -0.904. The minimum Gasteiger partial charge on any atom is -0.462 e. The molecule has 0 bridgehead atoms. The summed E-state index contributed by atoms with van der Waals surface area (Å²) in [7, 11) is 1.62. The van der Waals surface area contributed by atoms with Gasteiger partial charge in [-0.25, -0.2) is 14.2 Å². The molecule has 0 saturated heterocycles. The number of guanidine groups is 1. The number of aliphatic imine (C=N–C) groups is 1. The molecule has 1 aromatic carbocycles. The van der Waals surface area contributed by atoms with Gasteiger partial charge in [0.15, 0.2) is 5.96 Å². The first kappa shape index (κ1) is 23.3. The van der Waals surface area contributed by atoms with Gasteiger partial charge < -0.3 is 20.7 Å². The molecule has 3 N–H and O–H groups in total. The van der Waals surface area contributed by atoms with Crippen LogP contribution in [0.5, 0.6) is 0 Å². The Kier molecular flexibility index (Phi) is 8.72. The Bertz CT molecular complexity index is 916. The Morgan fingerprint density at radius 3 is 2.63 bits per heavy atom. The Hall–Kier alpha value is -3.01. The molecular formula is C20H26FN5O3S. The number of carbonyl (C=O) groups excluding carboxylic acids is 2. The Balaban J connectivity index is 1.84. The van der Waals surface area contributed by atoms with Crippen LogP contribution in [0.15, 0.2) is 29.3 Å². The number of nitrogens with zero attached hydrogens (tertiary/aromatic N) is 2. The molecule has 0 aliphatic carbocycles. The maximum atomic E-state index is 13.6. The monoisotopic (exact) mass is 435 g/mol. The Morgan fingerprint density at radius 2 is 1.97 bits per heavy atom. The van der Waals surface area contributed by atoms with E-state index < -0.39 is 11.7 Å². The average molecular weight is 436 g/mol. The predicted octanol–water partition coefficient (Wildman–Crippen LogP) is 2.42. The first-order valence-corrected chi connectivity index (χ1v) is 10.3. The number of benzene rings is 1. The number of hydrogen-bond acceptors (Lipinski definition) is 6. The van der Waals surface area contributed by atoms with Gasteiger partial charge in [0.2, 0.25) is 0 Å². The summed E-state index contributed by atoms with van der Waals surface area (Å²) < 4.78 is 18.7. The van der Waals surface area contributed by atoms with E-state index in [9.17, 15) is 14.0 Å². The number of ether oxygens (including phenoxy) is 1. The van der Waals surface area contributed by atoms with Crippen molar-refractivity contribution in [2.45, 2.75) is 26.8 Å². The van der Waals surface area contributed by atoms with E-state index in [0.29, 0.717) is 29.7 Å². The number of aryl methyl sites for hydroxylation is 1. The largest absolute Gasteiger partial charge is 0.462 e. The smallest absolute Gasteiger partial charge is 0.350 e. The zero-order valence-electron chi connectivity index (χ0n) is 17.4. The maximum absolute atomic E-state index is 13.6. The van der Waals surface area contributed by atoms with E-state index >= 15 is 0 Å². The van der Waals surface area contributed by atoms with Gasteiger partial charge in [-0.15, -0.1) is 11.3 Å². The maximum Gasteiger partial charge on any atom is 0.350 e. The van der Waals surface area contributed by atoms with E-state index in [0.717, 1.165) is 5.01 Å². The zero-order valence-corrected chi connectivity index (χ0v) is 18.2. The predicted molar refractivity (Wildman–Crippen MR) is 114 cm³/mol. The van der Waals surface area contributed by atoms with Gasteiger partial charge in [-0.2, -0.15) is 0 Å². The number of carbonyl (C=O) groups is 2. The van der Waals surface area contributed by atoms with Crippen LogP contribution in [0.4, 0.5) is 4.39 Å². The van der Waals surface area contributed by atoms with E-state index in [-0.39, 0.29) is 24.1 Å². The van der Waals surface area contributed by atoms with Crippen molar-refractivity contribution in [3.05, 3.63) is 51.2 Å². The minimum absolute atomic E-state index is 0.00479. The van der Waals surface area contributed by atoms with Gasteiger partial charge in [-0.05, 0) is 32.9 Å². The molecule has 0 saturated carbocycles. The van der Waals surface area contributed by atoms with E-state index in [1.165, 1.54) is 29.5 Å². The summed E-state index contributed by atoms with van der Waals surface area (Å²) >= 11 is 1.28. The van der Waals surface area contributed by atoms with E-state index in [1.54, 1.807) is 27.0 Å². The summed E-state index contributed by atoms with van der Waals surface area (Å²) in [5, 5.41) is 9.64. The summed E-state index contributed by atoms with van der Waals surface area (Å²) in [5.41, 5.74) is 0.631. The lowest BCUT2D eigenvalue weighted by Crippen LogP contribution is -2.42. The molecule has 0 radical (unpaired) electrons. The van der Waals surface area contributed by atoms with Crippen LogP contribution in [0.1, 0.15) is 50.6 Å². The lowest BCUT2D eigenvalue weighted by atomic mass is 10.2. The fraction of sp³-hybridized carbons (Fsp3) is 0.400. The highest BCUT2D eigenvalue weighted by Gasteiger charge is 2.20. The van der Waals surface area contributed by atoms with Crippen molar-refractivity contribution >= 4 is 29.2 Å². The molecule has 1 unspecified atom stereocenters. The number of halogens is 1. The van der Waals surface area contributed by atoms with E-state index in [1.807, 2.05) is 6.92 Å². The van der Waals surface area contributed by atoms with Gasteiger partial charge in [0, 0.05) is 20.1 Å². The van der Waals surface area contributed by atoms with Crippen molar-refractivity contribution in [1.82, 2.24) is 20.9 Å². The van der Waals surface area contributed by atoms with E-state index in [2.05, 4.69) is 25.9 Å². The van der Waals surface area contributed by atoms with E-state index in [4.69, 9.17) is 4.74 Å². The first-order valence-electron chi connectivity index (χ1n) is 9.51. The second-order valence-corrected chi connectivity index (χ2v) is 7.32. The highest BCUT2D eigenvalue weighted by molar-refractivity contribution is 7.13. The minimum atomic E-state index is -0.560. The molecule has 1 amide bonds. The van der Waals surface area contributed by atoms with Crippen LogP contribution in [0, 0.1) is 12.7 Å². The number of esters is 1. The van der Waals surface area contributed by atoms with Crippen LogP contribution in [-0.4, -0.2) is 49.6 Å². The number of aromatic nitrogens is 1. The van der Waals surface area contributed by atoms with Crippen LogP contribution in [-0.2, 0) is 4.74 Å². The number of amides is 1. The number of hydrogen-bond donors (Lipinski definition) is 3. The van der Waals surface area contributed by atoms with Gasteiger partial charge in [0.1, 0.15) is 15.7 Å². The van der Waals surface area contributed by atoms with Crippen LogP contribution in [0.25, 0.3) is 0 Å². The first-order chi connectivity index (χ1) is 14.4. The average Bonchev–Trinajstić information content (AvgIpc) is 3.12. The molecule has 8 nitrogen and oxygen atoms in total. The molecule has 0 aliphatic rings. The normalized spacial score (nSPS) is 12.2. The fourth-order valence-electron chi connectivity index (χ4n) is 2.55. The van der Waals surface area contributed by atoms with Gasteiger partial charge in [0.25, 0.3) is 5.91 Å². The summed E-state index contributed by atoms with van der Waals surface area (Å²) in [4.78, 5) is 33.0. The summed E-state index contributed by atoms with van der Waals surface area (Å²) in [6.45, 7) is 6.41. The van der Waals surface area contributed by atoms with Gasteiger partial charge in [-0.3, -0.25) is 9.79 Å². The standard InChI is InChI=1S/C20H26FN5O3S/c1-5-29-19(28)16-12(2)25-18(30-16)13(3)26-20(22-4)24-11-10-23-17(27)14-8-6-7-9-15(14)21/h6-9,13H,5,10-11H2,1-4H3,(H,23,27)(H2,22,24,26). The van der Waals surface area contributed by atoms with Crippen LogP contribution >= 0.6 is 11.3 Å². The number of nitrogens with one attached hydrogen (secondary N) is 3. The summed E-state index contributed by atoms with van der Waals surface area (Å²) in [6.07, 6.45) is 0. The van der Waals surface area contributed by atoms with Crippen LogP contribution < -0.4 is 16.0 Å². The second-order valence-electron chi connectivity index (χ2n) is 6.29. The number of rotatable bonds is 8. The molecule has 1 atom stereocenters. The second kappa shape index (κ2) is 11.2. The SMILES string of the molecule is CCOC(=O)c1sc(C(C)NC(=NC)NCCNC(=O)c2ccccc2F)nc1C. The quantitative estimate of drug-likeness (QED) is 0.255. The van der Waals surface area contributed by atoms with Crippen molar-refractivity contribution in [1.29, 1.82) is 0 Å². The van der Waals surface area contributed by atoms with Crippen molar-refractivity contribution in [2.24, 2.45) is 4.99 Å². The van der Waals surface area contributed by atoms with Crippen molar-refractivity contribution in [2.75, 3.05) is 26.7 Å². The molecule has 0 spiro atoms. The molecule has 2 aromatic rings. The third-order valence-corrected chi connectivity index (χ3v) is 5.36. The van der Waals surface area contributed by atoms with Crippen molar-refractivity contribution in [3.8, 4) is 0 Å². The molecule has 1 aromatic heterocycles. The molecule has 1 heterocycles. The molecule has 10 heteroatoms. The topological polar surface area (TPSA) is 105 Å². The molecule has 30 heavy (non-hydrogen) atoms. The Labute approximate surface area is 179 Å². The zero-order chi connectivity index (χ0) is 22.1. The molecular weight excluding hydrogens is 409 g/mol. The lowest BCUT2D eigenvalue weighted by Gasteiger charge is -2.16. The third kappa shape index (κ3) is 6.24. The lowest BCUT2D eigenvalue weighted by molar-refractivity contribution is 0.0531. The van der Waals surface area contributed by atoms with Gasteiger partial charge >= 0.3 is 5.97 Å². The molecule has 162 valence electrons. The highest BCUT2D eigenvalue weighted by Crippen LogP contribution is 2.24. The Morgan fingerprint density at radius 1 is 1.27 bits per heavy atom. The summed E-state index contributed by atoms with van der Waals surface area (Å²) in [6, 6.07) is 5.62. The molecule has 2 rings (SSSR count). The number of thiazole rings is 1. The highest BCUT2D eigenvalue weighted by atomic mass is 32.1. The van der Waals surface area contributed by atoms with Gasteiger partial charge in [0.05, 0.1) is 23.9 Å². The third-order valence-electron chi connectivity index (χ3n) is 4.04. The van der Waals surface area contributed by atoms with Crippen LogP contribution in [0.3, 0.4) is 0 Å². The van der Waals surface area contributed by atoms with Crippen molar-refractivity contribution < 1.29 is 18.7 Å². The molecule has 0 fully saturated rings. The van der Waals surface area contributed by atoms with Crippen molar-refractivity contribution in [3.63, 3.8) is 0 Å². The molecule has 0 aliphatic heterocycles. The van der Waals surface area contributed by atoms with Crippen LogP contribution in [0.2, 0.25) is 0 Å².